The molecule has 0 spiro atoms. The Bertz CT molecular complexity index is 568. The maximum atomic E-state index is 12.7. The van der Waals surface area contributed by atoms with E-state index in [1.807, 2.05) is 0 Å². The summed E-state index contributed by atoms with van der Waals surface area (Å²) in [6.45, 7) is 0. The van der Waals surface area contributed by atoms with Gasteiger partial charge in [-0.25, -0.2) is 4.68 Å². The molecule has 0 fully saturated rings. The van der Waals surface area contributed by atoms with Crippen LogP contribution in [0.3, 0.4) is 0 Å². The van der Waals surface area contributed by atoms with Crippen LogP contribution < -0.4 is 51.4 Å². The molecule has 9 heteroatoms. The van der Waals surface area contributed by atoms with Gasteiger partial charge in [0.25, 0.3) is 0 Å². The van der Waals surface area contributed by atoms with Gasteiger partial charge in [-0.05, 0) is 24.4 Å². The first-order chi connectivity index (χ1) is 7.50. The van der Waals surface area contributed by atoms with Crippen molar-refractivity contribution < 1.29 is 66.0 Å². The number of aromatic amines is 1. The van der Waals surface area contributed by atoms with Crippen molar-refractivity contribution in [2.75, 3.05) is 0 Å². The van der Waals surface area contributed by atoms with Gasteiger partial charge in [0, 0.05) is 0 Å². The van der Waals surface area contributed by atoms with Crippen molar-refractivity contribution in [2.45, 2.75) is 6.18 Å². The van der Waals surface area contributed by atoms with Gasteiger partial charge in [-0.3, -0.25) is 0 Å². The normalized spacial score (nSPS) is 11.0. The average molecular weight is 286 g/mol. The molecule has 0 radical (unpaired) electrons. The Labute approximate surface area is 143 Å². The first-order valence-corrected chi connectivity index (χ1v) is 4.57. The van der Waals surface area contributed by atoms with Gasteiger partial charge in [-0.15, -0.1) is 0 Å². The molecule has 17 heavy (non-hydrogen) atoms. The van der Waals surface area contributed by atoms with E-state index in [-0.39, 0.29) is 63.3 Å². The topological polar surface area (TPSA) is 46.5 Å². The molecule has 0 aliphatic heterocycles. The standard InChI is InChI=1S/C8H5F3N4S.K.H/c9-8(10,11)5-3-1-2-4-6(5)15-7(16)12-13-14-15;;/h1-4H,(H,12,14,16);;/q;+1;-1. The number of halogens is 3. The first-order valence-electron chi connectivity index (χ1n) is 4.17. The molecule has 0 atom stereocenters. The molecule has 0 saturated carbocycles. The molecule has 1 aromatic carbocycles. The number of hydrogen-bond acceptors (Lipinski definition) is 3. The Morgan fingerprint density at radius 2 is 1.94 bits per heavy atom. The fourth-order valence-corrected chi connectivity index (χ4v) is 1.44. The van der Waals surface area contributed by atoms with Crippen molar-refractivity contribution in [3.63, 3.8) is 0 Å². The fraction of sp³-hybridized carbons (Fsp3) is 0.125. The number of H-pyrrole nitrogens is 1. The predicted molar refractivity (Wildman–Crippen MR) is 52.7 cm³/mol. The predicted octanol–water partition coefficient (Wildman–Crippen LogP) is -0.540. The summed E-state index contributed by atoms with van der Waals surface area (Å²) >= 11 is 4.74. The fourth-order valence-electron chi connectivity index (χ4n) is 1.26. The molecule has 86 valence electrons. The monoisotopic (exact) mass is 286 g/mol. The smallest absolute Gasteiger partial charge is 1.00 e. The molecule has 2 rings (SSSR count). The van der Waals surface area contributed by atoms with E-state index in [4.69, 9.17) is 12.2 Å². The van der Waals surface area contributed by atoms with E-state index in [2.05, 4.69) is 15.5 Å². The van der Waals surface area contributed by atoms with Crippen LogP contribution in [-0.2, 0) is 6.18 Å². The Kier molecular flexibility index (Phi) is 5.04. The molecular weight excluding hydrogens is 280 g/mol. The maximum Gasteiger partial charge on any atom is 1.00 e. The summed E-state index contributed by atoms with van der Waals surface area (Å²) in [5.41, 5.74) is -0.915. The second-order valence-corrected chi connectivity index (χ2v) is 3.30. The Morgan fingerprint density at radius 1 is 1.29 bits per heavy atom. The van der Waals surface area contributed by atoms with E-state index in [1.54, 1.807) is 0 Å². The summed E-state index contributed by atoms with van der Waals surface area (Å²) in [6, 6.07) is 5.04. The molecule has 0 saturated heterocycles. The Morgan fingerprint density at radius 3 is 2.47 bits per heavy atom. The minimum atomic E-state index is -4.45. The van der Waals surface area contributed by atoms with Crippen LogP contribution in [0.1, 0.15) is 6.99 Å². The van der Waals surface area contributed by atoms with E-state index >= 15 is 0 Å². The number of para-hydroxylation sites is 1. The van der Waals surface area contributed by atoms with Crippen LogP contribution >= 0.6 is 12.2 Å². The molecule has 0 bridgehead atoms. The van der Waals surface area contributed by atoms with E-state index in [0.29, 0.717) is 0 Å². The minimum Gasteiger partial charge on any atom is -1.00 e. The van der Waals surface area contributed by atoms with Gasteiger partial charge in [-0.2, -0.15) is 18.4 Å². The van der Waals surface area contributed by atoms with Gasteiger partial charge in [-0.1, -0.05) is 22.4 Å². The molecule has 1 heterocycles. The zero-order chi connectivity index (χ0) is 11.8. The van der Waals surface area contributed by atoms with Crippen molar-refractivity contribution in [2.24, 2.45) is 0 Å². The number of hydrogen-bond donors (Lipinski definition) is 1. The number of nitrogens with one attached hydrogen (secondary N) is 1. The van der Waals surface area contributed by atoms with E-state index in [9.17, 15) is 13.2 Å². The molecular formula is C8H6F3KN4S. The van der Waals surface area contributed by atoms with Crippen molar-refractivity contribution in [1.82, 2.24) is 20.2 Å². The van der Waals surface area contributed by atoms with Crippen LogP contribution in [0, 0.1) is 4.77 Å². The third-order valence-corrected chi connectivity index (χ3v) is 2.19. The first kappa shape index (κ1) is 15.0. The van der Waals surface area contributed by atoms with Crippen LogP contribution in [0.25, 0.3) is 5.69 Å². The second-order valence-electron chi connectivity index (χ2n) is 2.93. The van der Waals surface area contributed by atoms with Crippen LogP contribution in [0.2, 0.25) is 0 Å². The molecule has 0 aliphatic rings. The van der Waals surface area contributed by atoms with Crippen LogP contribution in [0.15, 0.2) is 24.3 Å². The summed E-state index contributed by atoms with van der Waals surface area (Å²) < 4.78 is 38.9. The molecule has 0 unspecified atom stereocenters. The van der Waals surface area contributed by atoms with Crippen LogP contribution in [0.4, 0.5) is 13.2 Å². The Hall–Kier alpha value is -0.0636. The quantitative estimate of drug-likeness (QED) is 0.566. The van der Waals surface area contributed by atoms with E-state index in [1.165, 1.54) is 18.2 Å². The van der Waals surface area contributed by atoms with Gasteiger partial charge in [0.1, 0.15) is 0 Å². The van der Waals surface area contributed by atoms with Gasteiger partial charge in [0.2, 0.25) is 4.77 Å². The summed E-state index contributed by atoms with van der Waals surface area (Å²) in [4.78, 5) is 0. The van der Waals surface area contributed by atoms with Crippen molar-refractivity contribution in [1.29, 1.82) is 0 Å². The SMILES string of the molecule is FC(F)(F)c1ccccc1-n1[nH]nnc1=S.[H-].[K+]. The van der Waals surface area contributed by atoms with Gasteiger partial charge in [0.05, 0.1) is 11.3 Å². The maximum absolute atomic E-state index is 12.7. The molecule has 2 aromatic rings. The number of alkyl halides is 3. The van der Waals surface area contributed by atoms with Crippen molar-refractivity contribution in [3.05, 3.63) is 34.6 Å². The molecule has 0 amide bonds. The van der Waals surface area contributed by atoms with Gasteiger partial charge >= 0.3 is 57.6 Å². The number of aromatic nitrogens is 4. The number of rotatable bonds is 1. The summed E-state index contributed by atoms with van der Waals surface area (Å²) in [5.74, 6) is 0. The third kappa shape index (κ3) is 3.23. The molecule has 1 aromatic heterocycles. The average Bonchev–Trinajstić information content (AvgIpc) is 2.63. The minimum absolute atomic E-state index is 0. The summed E-state index contributed by atoms with van der Waals surface area (Å²) in [7, 11) is 0. The Balaban J connectivity index is 0.00000144. The van der Waals surface area contributed by atoms with Crippen LogP contribution in [-0.4, -0.2) is 20.2 Å². The number of nitrogens with zero attached hydrogens (tertiary/aromatic N) is 3. The summed E-state index contributed by atoms with van der Waals surface area (Å²) in [5, 5.41) is 9.04. The zero-order valence-electron chi connectivity index (χ0n) is 9.69. The van der Waals surface area contributed by atoms with Crippen molar-refractivity contribution >= 4 is 12.2 Å². The zero-order valence-corrected chi connectivity index (χ0v) is 12.6. The van der Waals surface area contributed by atoms with Gasteiger partial charge < -0.3 is 1.43 Å². The number of tetrazole rings is 1. The van der Waals surface area contributed by atoms with E-state index < -0.39 is 11.7 Å². The van der Waals surface area contributed by atoms with E-state index in [0.717, 1.165) is 10.7 Å². The van der Waals surface area contributed by atoms with Gasteiger partial charge in [0.15, 0.2) is 0 Å². The second kappa shape index (κ2) is 5.72. The molecule has 4 nitrogen and oxygen atoms in total. The third-order valence-electron chi connectivity index (χ3n) is 1.92. The molecule has 0 aliphatic carbocycles. The summed E-state index contributed by atoms with van der Waals surface area (Å²) in [6.07, 6.45) is -4.45. The van der Waals surface area contributed by atoms with Crippen molar-refractivity contribution in [3.8, 4) is 5.69 Å². The van der Waals surface area contributed by atoms with Crippen LogP contribution in [0.5, 0.6) is 0 Å². The molecule has 1 N–H and O–H groups in total. The number of benzene rings is 1. The largest absolute Gasteiger partial charge is 1.00 e.